The number of carboxylic acids is 1. The van der Waals surface area contributed by atoms with Crippen molar-refractivity contribution in [2.75, 3.05) is 7.11 Å². The van der Waals surface area contributed by atoms with Crippen molar-refractivity contribution in [1.82, 2.24) is 4.98 Å². The minimum Gasteiger partial charge on any atom is -0.496 e. The van der Waals surface area contributed by atoms with Crippen LogP contribution in [0.25, 0.3) is 11.3 Å². The van der Waals surface area contributed by atoms with Crippen molar-refractivity contribution in [3.05, 3.63) is 47.2 Å². The molecule has 4 nitrogen and oxygen atoms in total. The van der Waals surface area contributed by atoms with E-state index < -0.39 is 5.97 Å². The predicted octanol–water partition coefficient (Wildman–Crippen LogP) is 3.00. The monoisotopic (exact) mass is 271 g/mol. The first-order valence-corrected chi connectivity index (χ1v) is 6.34. The fourth-order valence-electron chi connectivity index (χ4n) is 2.11. The molecule has 20 heavy (non-hydrogen) atoms. The second-order valence-electron chi connectivity index (χ2n) is 4.72. The number of pyridine rings is 1. The van der Waals surface area contributed by atoms with Crippen molar-refractivity contribution in [3.8, 4) is 17.0 Å². The van der Waals surface area contributed by atoms with E-state index in [0.29, 0.717) is 0 Å². The molecule has 0 radical (unpaired) electrons. The first-order chi connectivity index (χ1) is 9.51. The zero-order chi connectivity index (χ0) is 14.7. The molecule has 2 rings (SSSR count). The summed E-state index contributed by atoms with van der Waals surface area (Å²) in [5, 5.41) is 8.85. The number of hydrogen-bond acceptors (Lipinski definition) is 3. The highest BCUT2D eigenvalue weighted by molar-refractivity contribution is 5.72. The highest BCUT2D eigenvalue weighted by Gasteiger charge is 2.11. The van der Waals surface area contributed by atoms with Gasteiger partial charge in [0.1, 0.15) is 5.75 Å². The van der Waals surface area contributed by atoms with Gasteiger partial charge >= 0.3 is 5.97 Å². The topological polar surface area (TPSA) is 59.4 Å². The molecule has 4 heteroatoms. The van der Waals surface area contributed by atoms with E-state index in [2.05, 4.69) is 4.98 Å². The SMILES string of the molecule is COc1ccc(C)cc1-c1ccc(CC(=O)O)c(C)n1. The summed E-state index contributed by atoms with van der Waals surface area (Å²) in [5.41, 5.74) is 4.28. The first kappa shape index (κ1) is 14.1. The number of hydrogen-bond donors (Lipinski definition) is 1. The molecule has 1 heterocycles. The lowest BCUT2D eigenvalue weighted by molar-refractivity contribution is -0.136. The molecular weight excluding hydrogens is 254 g/mol. The van der Waals surface area contributed by atoms with E-state index in [1.54, 1.807) is 7.11 Å². The van der Waals surface area contributed by atoms with Crippen LogP contribution < -0.4 is 4.74 Å². The van der Waals surface area contributed by atoms with Crippen molar-refractivity contribution in [3.63, 3.8) is 0 Å². The van der Waals surface area contributed by atoms with E-state index in [-0.39, 0.29) is 6.42 Å². The zero-order valence-corrected chi connectivity index (χ0v) is 11.8. The number of aromatic nitrogens is 1. The number of aliphatic carboxylic acids is 1. The third-order valence-electron chi connectivity index (χ3n) is 3.17. The number of carbonyl (C=O) groups is 1. The first-order valence-electron chi connectivity index (χ1n) is 6.34. The summed E-state index contributed by atoms with van der Waals surface area (Å²) in [6.07, 6.45) is -0.00986. The average molecular weight is 271 g/mol. The normalized spacial score (nSPS) is 10.3. The number of methoxy groups -OCH3 is 1. The molecule has 1 aromatic carbocycles. The Morgan fingerprint density at radius 1 is 1.25 bits per heavy atom. The van der Waals surface area contributed by atoms with E-state index in [0.717, 1.165) is 33.8 Å². The lowest BCUT2D eigenvalue weighted by Crippen LogP contribution is -2.04. The van der Waals surface area contributed by atoms with Gasteiger partial charge in [-0.25, -0.2) is 0 Å². The Balaban J connectivity index is 2.46. The average Bonchev–Trinajstić information content (AvgIpc) is 2.40. The van der Waals surface area contributed by atoms with Gasteiger partial charge in [0.2, 0.25) is 0 Å². The molecule has 1 N–H and O–H groups in total. The van der Waals surface area contributed by atoms with Crippen LogP contribution in [0, 0.1) is 13.8 Å². The number of benzene rings is 1. The van der Waals surface area contributed by atoms with Crippen LogP contribution in [-0.4, -0.2) is 23.2 Å². The van der Waals surface area contributed by atoms with Gasteiger partial charge in [0, 0.05) is 11.3 Å². The van der Waals surface area contributed by atoms with Gasteiger partial charge in [0.25, 0.3) is 0 Å². The van der Waals surface area contributed by atoms with Gasteiger partial charge in [-0.15, -0.1) is 0 Å². The van der Waals surface area contributed by atoms with Crippen molar-refractivity contribution >= 4 is 5.97 Å². The minimum absolute atomic E-state index is 0.00986. The van der Waals surface area contributed by atoms with Gasteiger partial charge in [0.15, 0.2) is 0 Å². The lowest BCUT2D eigenvalue weighted by atomic mass is 10.0. The Labute approximate surface area is 118 Å². The Morgan fingerprint density at radius 3 is 2.60 bits per heavy atom. The van der Waals surface area contributed by atoms with Gasteiger partial charge in [0.05, 0.1) is 19.2 Å². The summed E-state index contributed by atoms with van der Waals surface area (Å²) in [6.45, 7) is 3.83. The third-order valence-corrected chi connectivity index (χ3v) is 3.17. The van der Waals surface area contributed by atoms with Crippen LogP contribution in [0.2, 0.25) is 0 Å². The summed E-state index contributed by atoms with van der Waals surface area (Å²) in [7, 11) is 1.62. The van der Waals surface area contributed by atoms with Gasteiger partial charge in [-0.3, -0.25) is 9.78 Å². The summed E-state index contributed by atoms with van der Waals surface area (Å²) in [6, 6.07) is 9.55. The summed E-state index contributed by atoms with van der Waals surface area (Å²) >= 11 is 0. The smallest absolute Gasteiger partial charge is 0.307 e. The summed E-state index contributed by atoms with van der Waals surface area (Å²) < 4.78 is 5.36. The summed E-state index contributed by atoms with van der Waals surface area (Å²) in [4.78, 5) is 15.3. The Hall–Kier alpha value is -2.36. The maximum absolute atomic E-state index is 10.8. The molecule has 0 amide bonds. The fourth-order valence-corrected chi connectivity index (χ4v) is 2.11. The number of aryl methyl sites for hydroxylation is 2. The molecule has 0 aliphatic rings. The van der Waals surface area contributed by atoms with Crippen LogP contribution in [0.15, 0.2) is 30.3 Å². The highest BCUT2D eigenvalue weighted by atomic mass is 16.5. The van der Waals surface area contributed by atoms with Crippen LogP contribution in [0.3, 0.4) is 0 Å². The molecular formula is C16H17NO3. The summed E-state index contributed by atoms with van der Waals surface area (Å²) in [5.74, 6) is -0.0933. The third kappa shape index (κ3) is 2.96. The quantitative estimate of drug-likeness (QED) is 0.928. The van der Waals surface area contributed by atoms with Gasteiger partial charge in [-0.2, -0.15) is 0 Å². The number of ether oxygens (including phenoxy) is 1. The lowest BCUT2D eigenvalue weighted by Gasteiger charge is -2.11. The molecule has 0 saturated heterocycles. The van der Waals surface area contributed by atoms with E-state index in [9.17, 15) is 4.79 Å². The van der Waals surface area contributed by atoms with E-state index in [1.807, 2.05) is 44.2 Å². The van der Waals surface area contributed by atoms with E-state index >= 15 is 0 Å². The molecule has 0 unspecified atom stereocenters. The van der Waals surface area contributed by atoms with Gasteiger partial charge in [-0.1, -0.05) is 17.7 Å². The second kappa shape index (κ2) is 5.74. The standard InChI is InChI=1S/C16H17NO3/c1-10-4-7-15(20-3)13(8-10)14-6-5-12(9-16(18)19)11(2)17-14/h4-8H,9H2,1-3H3,(H,18,19). The van der Waals surface area contributed by atoms with Crippen molar-refractivity contribution in [1.29, 1.82) is 0 Å². The second-order valence-corrected chi connectivity index (χ2v) is 4.72. The molecule has 1 aromatic heterocycles. The van der Waals surface area contributed by atoms with Crippen molar-refractivity contribution < 1.29 is 14.6 Å². The Bertz CT molecular complexity index is 650. The maximum Gasteiger partial charge on any atom is 0.307 e. The van der Waals surface area contributed by atoms with E-state index in [4.69, 9.17) is 9.84 Å². The molecule has 2 aromatic rings. The van der Waals surface area contributed by atoms with Crippen molar-refractivity contribution in [2.24, 2.45) is 0 Å². The predicted molar refractivity (Wildman–Crippen MR) is 77.0 cm³/mol. The Kier molecular flexibility index (Phi) is 4.03. The van der Waals surface area contributed by atoms with E-state index in [1.165, 1.54) is 0 Å². The molecule has 0 saturated carbocycles. The maximum atomic E-state index is 10.8. The molecule has 0 atom stereocenters. The zero-order valence-electron chi connectivity index (χ0n) is 11.8. The van der Waals surface area contributed by atoms with Crippen LogP contribution in [0.1, 0.15) is 16.8 Å². The van der Waals surface area contributed by atoms with Crippen molar-refractivity contribution in [2.45, 2.75) is 20.3 Å². The van der Waals surface area contributed by atoms with Gasteiger partial charge in [-0.05, 0) is 37.6 Å². The molecule has 0 spiro atoms. The number of carboxylic acid groups (broad SMARTS) is 1. The minimum atomic E-state index is -0.851. The molecule has 0 aliphatic heterocycles. The highest BCUT2D eigenvalue weighted by Crippen LogP contribution is 2.30. The fraction of sp³-hybridized carbons (Fsp3) is 0.250. The van der Waals surface area contributed by atoms with Crippen LogP contribution in [0.4, 0.5) is 0 Å². The van der Waals surface area contributed by atoms with Gasteiger partial charge < -0.3 is 9.84 Å². The van der Waals surface area contributed by atoms with Crippen LogP contribution in [0.5, 0.6) is 5.75 Å². The molecule has 0 bridgehead atoms. The molecule has 0 fully saturated rings. The number of rotatable bonds is 4. The largest absolute Gasteiger partial charge is 0.496 e. The Morgan fingerprint density at radius 2 is 2.00 bits per heavy atom. The number of nitrogens with zero attached hydrogens (tertiary/aromatic N) is 1. The van der Waals surface area contributed by atoms with Crippen LogP contribution >= 0.6 is 0 Å². The molecule has 104 valence electrons. The molecule has 0 aliphatic carbocycles. The van der Waals surface area contributed by atoms with Crippen LogP contribution in [-0.2, 0) is 11.2 Å².